The van der Waals surface area contributed by atoms with Gasteiger partial charge in [0.05, 0.1) is 7.11 Å². The maximum absolute atomic E-state index is 13.9. The van der Waals surface area contributed by atoms with Crippen molar-refractivity contribution < 1.29 is 19.0 Å². The highest BCUT2D eigenvalue weighted by Gasteiger charge is 2.23. The van der Waals surface area contributed by atoms with Gasteiger partial charge in [-0.2, -0.15) is 10.2 Å². The van der Waals surface area contributed by atoms with Crippen LogP contribution in [0.2, 0.25) is 0 Å². The minimum absolute atomic E-state index is 0.00601. The summed E-state index contributed by atoms with van der Waals surface area (Å²) in [5.41, 5.74) is 0.0416. The number of aromatic nitrogens is 1. The number of methoxy groups -OCH3 is 1. The molecule has 1 amide bonds. The Morgan fingerprint density at radius 3 is 2.64 bits per heavy atom. The van der Waals surface area contributed by atoms with Crippen LogP contribution in [0.15, 0.2) is 6.07 Å². The lowest BCUT2D eigenvalue weighted by molar-refractivity contribution is 0.185. The number of nitriles is 1. The fourth-order valence-electron chi connectivity index (χ4n) is 2.56. The molecule has 1 heterocycles. The Morgan fingerprint density at radius 2 is 2.09 bits per heavy atom. The van der Waals surface area contributed by atoms with Gasteiger partial charge in [-0.15, -0.1) is 0 Å². The number of ether oxygens (including phenoxy) is 1. The average molecular weight is 308 g/mol. The zero-order valence-electron chi connectivity index (χ0n) is 12.1. The van der Waals surface area contributed by atoms with E-state index in [9.17, 15) is 9.18 Å². The molecule has 0 unspecified atom stereocenters. The first-order valence-corrected chi connectivity index (χ1v) is 6.94. The van der Waals surface area contributed by atoms with Crippen molar-refractivity contribution in [2.45, 2.75) is 37.8 Å². The van der Waals surface area contributed by atoms with Crippen molar-refractivity contribution in [2.24, 2.45) is 0 Å². The lowest BCUT2D eigenvalue weighted by atomic mass is 9.91. The molecule has 1 saturated carbocycles. The van der Waals surface area contributed by atoms with Crippen LogP contribution in [0, 0.1) is 17.1 Å². The first kappa shape index (κ1) is 15.8. The standard InChI is InChI=1S/C14H17FN4O3/c1-22-13-8(7-16)6-11(15)12(19-13)17-9-2-4-10(5-3-9)18-14(20)21/h6,9-10,18H,2-5H2,1H3,(H,17,19)(H,20,21)/t9-,10-. The van der Waals surface area contributed by atoms with E-state index in [0.29, 0.717) is 25.7 Å². The van der Waals surface area contributed by atoms with Gasteiger partial charge < -0.3 is 20.5 Å². The monoisotopic (exact) mass is 308 g/mol. The van der Waals surface area contributed by atoms with Gasteiger partial charge in [0.15, 0.2) is 11.6 Å². The highest BCUT2D eigenvalue weighted by atomic mass is 19.1. The van der Waals surface area contributed by atoms with Crippen LogP contribution in [0.3, 0.4) is 0 Å². The predicted molar refractivity (Wildman–Crippen MR) is 76.3 cm³/mol. The molecule has 1 aliphatic carbocycles. The molecule has 0 aromatic carbocycles. The van der Waals surface area contributed by atoms with Gasteiger partial charge in [-0.05, 0) is 25.7 Å². The number of nitrogens with one attached hydrogen (secondary N) is 2. The van der Waals surface area contributed by atoms with Gasteiger partial charge in [-0.1, -0.05) is 0 Å². The summed E-state index contributed by atoms with van der Waals surface area (Å²) in [6.07, 6.45) is 1.74. The Labute approximate surface area is 127 Å². The van der Waals surface area contributed by atoms with E-state index in [0.717, 1.165) is 6.07 Å². The molecule has 8 heteroatoms. The van der Waals surface area contributed by atoms with Crippen LogP contribution in [0.5, 0.6) is 5.88 Å². The molecule has 0 radical (unpaired) electrons. The Hall–Kier alpha value is -2.56. The van der Waals surface area contributed by atoms with Crippen LogP contribution in [0.1, 0.15) is 31.2 Å². The fraction of sp³-hybridized carbons (Fsp3) is 0.500. The third kappa shape index (κ3) is 3.75. The van der Waals surface area contributed by atoms with Gasteiger partial charge in [0.1, 0.15) is 11.6 Å². The number of halogens is 1. The minimum Gasteiger partial charge on any atom is -0.480 e. The minimum atomic E-state index is -1.03. The van der Waals surface area contributed by atoms with Crippen molar-refractivity contribution in [1.29, 1.82) is 5.26 Å². The van der Waals surface area contributed by atoms with Crippen molar-refractivity contribution in [1.82, 2.24) is 10.3 Å². The maximum atomic E-state index is 13.9. The molecule has 0 bridgehead atoms. The number of rotatable bonds is 4. The molecule has 118 valence electrons. The first-order chi connectivity index (χ1) is 10.5. The highest BCUT2D eigenvalue weighted by Crippen LogP contribution is 2.26. The SMILES string of the molecule is COc1nc(N[C@H]2CC[C@H](NC(=O)O)CC2)c(F)cc1C#N. The van der Waals surface area contributed by atoms with Crippen LogP contribution in [0.4, 0.5) is 15.0 Å². The second-order valence-electron chi connectivity index (χ2n) is 5.13. The first-order valence-electron chi connectivity index (χ1n) is 6.94. The van der Waals surface area contributed by atoms with Gasteiger partial charge in [0.25, 0.3) is 0 Å². The van der Waals surface area contributed by atoms with E-state index in [1.54, 1.807) is 0 Å². The number of nitrogens with zero attached hydrogens (tertiary/aromatic N) is 2. The largest absolute Gasteiger partial charge is 0.480 e. The van der Waals surface area contributed by atoms with E-state index >= 15 is 0 Å². The molecule has 22 heavy (non-hydrogen) atoms. The highest BCUT2D eigenvalue weighted by molar-refractivity contribution is 5.64. The Kier molecular flexibility index (Phi) is 4.99. The molecule has 3 N–H and O–H groups in total. The summed E-state index contributed by atoms with van der Waals surface area (Å²) in [6, 6.07) is 2.85. The van der Waals surface area contributed by atoms with E-state index in [4.69, 9.17) is 15.1 Å². The summed E-state index contributed by atoms with van der Waals surface area (Å²) < 4.78 is 18.9. The van der Waals surface area contributed by atoms with E-state index in [2.05, 4.69) is 15.6 Å². The van der Waals surface area contributed by atoms with Gasteiger partial charge in [-0.3, -0.25) is 0 Å². The summed E-state index contributed by atoms with van der Waals surface area (Å²) in [5.74, 6) is -0.485. The zero-order valence-corrected chi connectivity index (χ0v) is 12.1. The van der Waals surface area contributed by atoms with Gasteiger partial charge >= 0.3 is 6.09 Å². The number of carboxylic acid groups (broad SMARTS) is 1. The number of anilines is 1. The average Bonchev–Trinajstić information content (AvgIpc) is 2.50. The lowest BCUT2D eigenvalue weighted by Gasteiger charge is -2.29. The summed E-state index contributed by atoms with van der Waals surface area (Å²) in [5, 5.41) is 23.0. The van der Waals surface area contributed by atoms with E-state index in [1.807, 2.05) is 6.07 Å². The van der Waals surface area contributed by atoms with Crippen molar-refractivity contribution in [3.05, 3.63) is 17.4 Å². The quantitative estimate of drug-likeness (QED) is 0.786. The van der Waals surface area contributed by atoms with Crippen molar-refractivity contribution in [3.63, 3.8) is 0 Å². The van der Waals surface area contributed by atoms with Gasteiger partial charge in [0.2, 0.25) is 5.88 Å². The second-order valence-corrected chi connectivity index (χ2v) is 5.13. The molecule has 2 rings (SSSR count). The Bertz CT molecular complexity index is 594. The maximum Gasteiger partial charge on any atom is 0.404 e. The summed E-state index contributed by atoms with van der Waals surface area (Å²) >= 11 is 0. The molecule has 0 saturated heterocycles. The van der Waals surface area contributed by atoms with Crippen molar-refractivity contribution >= 4 is 11.9 Å². The summed E-state index contributed by atoms with van der Waals surface area (Å²) in [7, 11) is 1.37. The molecule has 7 nitrogen and oxygen atoms in total. The summed E-state index contributed by atoms with van der Waals surface area (Å²) in [6.45, 7) is 0. The molecule has 0 spiro atoms. The predicted octanol–water partition coefficient (Wildman–Crippen LogP) is 2.09. The molecular formula is C14H17FN4O3. The normalized spacial score (nSPS) is 20.8. The topological polar surface area (TPSA) is 107 Å². The molecular weight excluding hydrogens is 291 g/mol. The molecule has 1 fully saturated rings. The smallest absolute Gasteiger partial charge is 0.404 e. The molecule has 0 aliphatic heterocycles. The van der Waals surface area contributed by atoms with Gasteiger partial charge in [-0.25, -0.2) is 9.18 Å². The molecule has 1 aromatic heterocycles. The third-order valence-electron chi connectivity index (χ3n) is 3.65. The lowest BCUT2D eigenvalue weighted by Crippen LogP contribution is -2.39. The fourth-order valence-corrected chi connectivity index (χ4v) is 2.56. The van der Waals surface area contributed by atoms with Crippen LogP contribution in [0.25, 0.3) is 0 Å². The van der Waals surface area contributed by atoms with Crippen LogP contribution >= 0.6 is 0 Å². The Balaban J connectivity index is 2.00. The van der Waals surface area contributed by atoms with Crippen LogP contribution in [-0.4, -0.2) is 35.4 Å². The molecule has 1 aromatic rings. The van der Waals surface area contributed by atoms with E-state index in [-0.39, 0.29) is 29.3 Å². The van der Waals surface area contributed by atoms with Crippen LogP contribution in [-0.2, 0) is 0 Å². The van der Waals surface area contributed by atoms with Crippen molar-refractivity contribution in [3.8, 4) is 11.9 Å². The number of amides is 1. The second kappa shape index (κ2) is 6.93. The number of pyridine rings is 1. The summed E-state index contributed by atoms with van der Waals surface area (Å²) in [4.78, 5) is 14.6. The molecule has 1 aliphatic rings. The van der Waals surface area contributed by atoms with E-state index in [1.165, 1.54) is 7.11 Å². The Morgan fingerprint density at radius 1 is 1.45 bits per heavy atom. The van der Waals surface area contributed by atoms with Crippen LogP contribution < -0.4 is 15.4 Å². The van der Waals surface area contributed by atoms with Gasteiger partial charge in [0, 0.05) is 18.2 Å². The third-order valence-corrected chi connectivity index (χ3v) is 3.65. The number of carbonyl (C=O) groups is 1. The number of hydrogen-bond donors (Lipinski definition) is 3. The molecule has 0 atom stereocenters. The van der Waals surface area contributed by atoms with Crippen molar-refractivity contribution in [2.75, 3.05) is 12.4 Å². The van der Waals surface area contributed by atoms with E-state index < -0.39 is 11.9 Å². The zero-order chi connectivity index (χ0) is 16.1. The number of hydrogen-bond acceptors (Lipinski definition) is 5.